The van der Waals surface area contributed by atoms with E-state index in [4.69, 9.17) is 14.7 Å². The number of rotatable bonds is 8. The zero-order valence-corrected chi connectivity index (χ0v) is 22.1. The number of nitrogens with one attached hydrogen (secondary N) is 2. The molecule has 2 aliphatic rings. The van der Waals surface area contributed by atoms with Crippen LogP contribution in [0.3, 0.4) is 0 Å². The number of aliphatic hydroxyl groups is 1. The Bertz CT molecular complexity index is 1210. The number of carbonyl (C=O) groups is 1. The summed E-state index contributed by atoms with van der Waals surface area (Å²) in [5, 5.41) is 15.4. The van der Waals surface area contributed by atoms with Gasteiger partial charge >= 0.3 is 6.03 Å². The first-order valence-electron chi connectivity index (χ1n) is 12.2. The van der Waals surface area contributed by atoms with Crippen LogP contribution in [0.4, 0.5) is 16.3 Å². The van der Waals surface area contributed by atoms with Gasteiger partial charge in [-0.2, -0.15) is 0 Å². The Labute approximate surface area is 212 Å². The van der Waals surface area contributed by atoms with Crippen LogP contribution >= 0.6 is 0 Å². The first-order chi connectivity index (χ1) is 16.9. The summed E-state index contributed by atoms with van der Waals surface area (Å²) in [7, 11) is -2.02. The number of amides is 2. The number of morpholine rings is 1. The normalized spacial score (nSPS) is 19.6. The molecule has 1 saturated carbocycles. The second-order valence-electron chi connectivity index (χ2n) is 10.2. The van der Waals surface area contributed by atoms with Crippen molar-refractivity contribution in [3.05, 3.63) is 36.0 Å². The number of benzene rings is 1. The van der Waals surface area contributed by atoms with E-state index in [-0.39, 0.29) is 24.2 Å². The van der Waals surface area contributed by atoms with Gasteiger partial charge in [0.15, 0.2) is 15.7 Å². The highest BCUT2D eigenvalue weighted by molar-refractivity contribution is 7.92. The molecule has 3 N–H and O–H groups in total. The standard InChI is InChI=1S/C25H35N5O5S/c1-17-16-35-13-12-30(17)21-15-20(25(9-10-25)36(33,34)14-11-24(2,3)32)28-22(29-21)18-5-7-19(8-6-18)27-23(31)26-4/h5-8,15,17,32H,9-14,16H2,1-4H3,(H2,26,27,31)/t17-/m0/s1. The van der Waals surface area contributed by atoms with Crippen LogP contribution in [0.1, 0.15) is 45.7 Å². The lowest BCUT2D eigenvalue weighted by Gasteiger charge is -2.35. The molecule has 0 bridgehead atoms. The molecule has 1 atom stereocenters. The molecule has 2 heterocycles. The molecule has 196 valence electrons. The molecule has 2 fully saturated rings. The van der Waals surface area contributed by atoms with E-state index in [1.165, 1.54) is 0 Å². The van der Waals surface area contributed by atoms with Crippen molar-refractivity contribution in [3.63, 3.8) is 0 Å². The van der Waals surface area contributed by atoms with E-state index in [0.29, 0.717) is 61.2 Å². The highest BCUT2D eigenvalue weighted by atomic mass is 32.2. The maximum atomic E-state index is 13.5. The summed E-state index contributed by atoms with van der Waals surface area (Å²) >= 11 is 0. The van der Waals surface area contributed by atoms with Crippen LogP contribution in [0.2, 0.25) is 0 Å². The number of urea groups is 1. The Hall–Kier alpha value is -2.76. The molecule has 10 nitrogen and oxygen atoms in total. The Morgan fingerprint density at radius 2 is 1.94 bits per heavy atom. The van der Waals surface area contributed by atoms with Crippen LogP contribution in [0.25, 0.3) is 11.4 Å². The number of hydrogen-bond acceptors (Lipinski definition) is 8. The van der Waals surface area contributed by atoms with E-state index in [1.807, 2.05) is 13.0 Å². The molecule has 1 aromatic carbocycles. The highest BCUT2D eigenvalue weighted by Gasteiger charge is 2.57. The van der Waals surface area contributed by atoms with Gasteiger partial charge in [-0.05, 0) is 64.3 Å². The Balaban J connectivity index is 1.74. The van der Waals surface area contributed by atoms with Gasteiger partial charge in [-0.15, -0.1) is 0 Å². The van der Waals surface area contributed by atoms with Crippen molar-refractivity contribution in [2.24, 2.45) is 0 Å². The zero-order valence-electron chi connectivity index (χ0n) is 21.2. The minimum atomic E-state index is -3.57. The van der Waals surface area contributed by atoms with Crippen molar-refractivity contribution < 1.29 is 23.1 Å². The lowest BCUT2D eigenvalue weighted by Crippen LogP contribution is -2.44. The van der Waals surface area contributed by atoms with E-state index >= 15 is 0 Å². The molecule has 1 aliphatic carbocycles. The average molecular weight is 518 g/mol. The molecule has 0 spiro atoms. The minimum absolute atomic E-state index is 0.0791. The molecule has 2 aromatic rings. The van der Waals surface area contributed by atoms with Crippen LogP contribution in [-0.4, -0.2) is 73.7 Å². The maximum Gasteiger partial charge on any atom is 0.318 e. The van der Waals surface area contributed by atoms with E-state index in [9.17, 15) is 18.3 Å². The second-order valence-corrected chi connectivity index (χ2v) is 12.6. The van der Waals surface area contributed by atoms with Crippen molar-refractivity contribution in [2.45, 2.75) is 56.4 Å². The SMILES string of the molecule is CNC(=O)Nc1ccc(-c2nc(N3CCOC[C@@H]3C)cc(C3(S(=O)(=O)CCC(C)(C)O)CC3)n2)cc1. The van der Waals surface area contributed by atoms with E-state index < -0.39 is 20.2 Å². The number of nitrogens with zero attached hydrogens (tertiary/aromatic N) is 3. The van der Waals surface area contributed by atoms with Crippen LogP contribution in [0.15, 0.2) is 30.3 Å². The summed E-state index contributed by atoms with van der Waals surface area (Å²) < 4.78 is 31.5. The minimum Gasteiger partial charge on any atom is -0.390 e. The molecule has 1 saturated heterocycles. The molecule has 0 unspecified atom stereocenters. The quantitative estimate of drug-likeness (QED) is 0.487. The van der Waals surface area contributed by atoms with Crippen molar-refractivity contribution in [1.82, 2.24) is 15.3 Å². The van der Waals surface area contributed by atoms with Gasteiger partial charge in [0, 0.05) is 30.9 Å². The van der Waals surface area contributed by atoms with Gasteiger partial charge in [0.1, 0.15) is 10.6 Å². The molecule has 0 radical (unpaired) electrons. The number of anilines is 2. The third-order valence-electron chi connectivity index (χ3n) is 6.75. The zero-order chi connectivity index (χ0) is 26.1. The van der Waals surface area contributed by atoms with E-state index in [1.54, 1.807) is 45.2 Å². The van der Waals surface area contributed by atoms with Gasteiger partial charge in [0.25, 0.3) is 0 Å². The third-order valence-corrected chi connectivity index (χ3v) is 9.30. The Kier molecular flexibility index (Phi) is 7.27. The number of ether oxygens (including phenoxy) is 1. The Morgan fingerprint density at radius 3 is 2.53 bits per heavy atom. The average Bonchev–Trinajstić information content (AvgIpc) is 3.66. The lowest BCUT2D eigenvalue weighted by atomic mass is 10.1. The maximum absolute atomic E-state index is 13.5. The molecule has 36 heavy (non-hydrogen) atoms. The van der Waals surface area contributed by atoms with Crippen molar-refractivity contribution in [2.75, 3.05) is 42.8 Å². The fourth-order valence-corrected chi connectivity index (χ4v) is 6.63. The summed E-state index contributed by atoms with van der Waals surface area (Å²) in [5.74, 6) is 0.984. The van der Waals surface area contributed by atoms with Crippen LogP contribution in [0, 0.1) is 0 Å². The van der Waals surface area contributed by atoms with Gasteiger partial charge in [-0.3, -0.25) is 0 Å². The fourth-order valence-electron chi connectivity index (χ4n) is 4.33. The van der Waals surface area contributed by atoms with Gasteiger partial charge in [-0.1, -0.05) is 0 Å². The van der Waals surface area contributed by atoms with E-state index in [0.717, 1.165) is 0 Å². The number of hydrogen-bond donors (Lipinski definition) is 3. The first kappa shape index (κ1) is 26.3. The summed E-state index contributed by atoms with van der Waals surface area (Å²) in [6, 6.07) is 8.68. The van der Waals surface area contributed by atoms with Crippen molar-refractivity contribution in [1.29, 1.82) is 0 Å². The number of sulfone groups is 1. The van der Waals surface area contributed by atoms with Crippen molar-refractivity contribution in [3.8, 4) is 11.4 Å². The topological polar surface area (TPSA) is 134 Å². The van der Waals surface area contributed by atoms with Gasteiger partial charge < -0.3 is 25.4 Å². The largest absolute Gasteiger partial charge is 0.390 e. The second kappa shape index (κ2) is 9.95. The molecular weight excluding hydrogens is 482 g/mol. The Morgan fingerprint density at radius 1 is 1.25 bits per heavy atom. The predicted molar refractivity (Wildman–Crippen MR) is 139 cm³/mol. The summed E-state index contributed by atoms with van der Waals surface area (Å²) in [5.41, 5.74) is 0.749. The summed E-state index contributed by atoms with van der Waals surface area (Å²) in [6.45, 7) is 7.05. The smallest absolute Gasteiger partial charge is 0.318 e. The molecule has 1 aromatic heterocycles. The van der Waals surface area contributed by atoms with Crippen LogP contribution in [-0.2, 0) is 19.3 Å². The summed E-state index contributed by atoms with van der Waals surface area (Å²) in [6.07, 6.45) is 1.14. The molecule has 11 heteroatoms. The van der Waals surface area contributed by atoms with Gasteiger partial charge in [0.05, 0.1) is 36.3 Å². The molecular formula is C25H35N5O5S. The number of aromatic nitrogens is 2. The fraction of sp³-hybridized carbons (Fsp3) is 0.560. The predicted octanol–water partition coefficient (Wildman–Crippen LogP) is 2.68. The lowest BCUT2D eigenvalue weighted by molar-refractivity contribution is 0.0771. The first-order valence-corrected chi connectivity index (χ1v) is 13.9. The highest BCUT2D eigenvalue weighted by Crippen LogP contribution is 2.53. The monoisotopic (exact) mass is 517 g/mol. The molecule has 2 amide bonds. The molecule has 1 aliphatic heterocycles. The van der Waals surface area contributed by atoms with Crippen molar-refractivity contribution >= 4 is 27.4 Å². The van der Waals surface area contributed by atoms with E-state index in [2.05, 4.69) is 15.5 Å². The third kappa shape index (κ3) is 5.63. The number of carbonyl (C=O) groups excluding carboxylic acids is 1. The van der Waals surface area contributed by atoms with Gasteiger partial charge in [0.2, 0.25) is 0 Å². The van der Waals surface area contributed by atoms with Crippen LogP contribution < -0.4 is 15.5 Å². The molecule has 4 rings (SSSR count). The van der Waals surface area contributed by atoms with Gasteiger partial charge in [-0.25, -0.2) is 23.2 Å². The van der Waals surface area contributed by atoms with Crippen LogP contribution in [0.5, 0.6) is 0 Å². The summed E-state index contributed by atoms with van der Waals surface area (Å²) in [4.78, 5) is 23.3.